The van der Waals surface area contributed by atoms with Crippen molar-refractivity contribution < 1.29 is 14.3 Å². The highest BCUT2D eigenvalue weighted by Gasteiger charge is 2.37. The van der Waals surface area contributed by atoms with Crippen molar-refractivity contribution in [2.75, 3.05) is 13.7 Å². The minimum absolute atomic E-state index is 0.101. The average Bonchev–Trinajstić information content (AvgIpc) is 3.18. The Bertz CT molecular complexity index is 943. The van der Waals surface area contributed by atoms with Crippen LogP contribution in [0.25, 0.3) is 17.3 Å². The third-order valence-corrected chi connectivity index (χ3v) is 6.47. The number of hydrogen-bond acceptors (Lipinski definition) is 4. The number of likely N-dealkylation sites (tertiary alicyclic amines) is 1. The fourth-order valence-electron chi connectivity index (χ4n) is 4.95. The Kier molecular flexibility index (Phi) is 6.02. The molecule has 2 aromatic rings. The zero-order valence-electron chi connectivity index (χ0n) is 17.7. The van der Waals surface area contributed by atoms with Crippen LogP contribution in [-0.4, -0.2) is 46.3 Å². The number of carbonyl (C=O) groups excluding carboxylic acids is 2. The number of rotatable bonds is 4. The Morgan fingerprint density at radius 2 is 1.83 bits per heavy atom. The van der Waals surface area contributed by atoms with Crippen LogP contribution in [0.4, 0.5) is 0 Å². The molecule has 6 nitrogen and oxygen atoms in total. The SMILES string of the molecule is COC(=O)C=Cc1ccc(-c2c(C(=O)N3CCCC4CCCCC43)cnn2C)cc1. The van der Waals surface area contributed by atoms with E-state index in [1.54, 1.807) is 17.0 Å². The standard InChI is InChI=1S/C24H29N3O3/c1-26-23(19-12-9-17(10-13-19)11-14-22(28)30-2)20(16-25-26)24(29)27-15-5-7-18-6-3-4-8-21(18)27/h9-14,16,18,21H,3-8,15H2,1-2H3. The van der Waals surface area contributed by atoms with Crippen LogP contribution in [0.2, 0.25) is 0 Å². The van der Waals surface area contributed by atoms with Crippen LogP contribution in [0, 0.1) is 5.92 Å². The van der Waals surface area contributed by atoms with Gasteiger partial charge in [0.2, 0.25) is 0 Å². The molecule has 1 saturated heterocycles. The summed E-state index contributed by atoms with van der Waals surface area (Å²) in [5, 5.41) is 4.40. The molecule has 0 bridgehead atoms. The number of carbonyl (C=O) groups is 2. The highest BCUT2D eigenvalue weighted by Crippen LogP contribution is 2.37. The number of ether oxygens (including phenoxy) is 1. The molecular weight excluding hydrogens is 378 g/mol. The first-order valence-electron chi connectivity index (χ1n) is 10.8. The number of amides is 1. The van der Waals surface area contributed by atoms with Crippen LogP contribution in [0.5, 0.6) is 0 Å². The first-order valence-corrected chi connectivity index (χ1v) is 10.8. The number of aromatic nitrogens is 2. The van der Waals surface area contributed by atoms with Gasteiger partial charge in [0, 0.05) is 31.3 Å². The number of benzene rings is 1. The van der Waals surface area contributed by atoms with Crippen LogP contribution in [-0.2, 0) is 16.6 Å². The van der Waals surface area contributed by atoms with Gasteiger partial charge >= 0.3 is 5.97 Å². The molecule has 1 aromatic carbocycles. The lowest BCUT2D eigenvalue weighted by atomic mass is 9.78. The number of fused-ring (bicyclic) bond motifs is 1. The van der Waals surface area contributed by atoms with Gasteiger partial charge in [-0.3, -0.25) is 9.48 Å². The van der Waals surface area contributed by atoms with Gasteiger partial charge in [0.15, 0.2) is 0 Å². The minimum Gasteiger partial charge on any atom is -0.466 e. The smallest absolute Gasteiger partial charge is 0.330 e. The predicted molar refractivity (Wildman–Crippen MR) is 116 cm³/mol. The van der Waals surface area contributed by atoms with Gasteiger partial charge in [0.1, 0.15) is 0 Å². The lowest BCUT2D eigenvalue weighted by Crippen LogP contribution is -2.49. The topological polar surface area (TPSA) is 64.4 Å². The van der Waals surface area contributed by atoms with Gasteiger partial charge in [-0.1, -0.05) is 37.1 Å². The van der Waals surface area contributed by atoms with E-state index in [2.05, 4.69) is 14.7 Å². The fourth-order valence-corrected chi connectivity index (χ4v) is 4.95. The quantitative estimate of drug-likeness (QED) is 0.566. The van der Waals surface area contributed by atoms with Crippen molar-refractivity contribution in [2.45, 2.75) is 44.6 Å². The van der Waals surface area contributed by atoms with Crippen molar-refractivity contribution in [3.63, 3.8) is 0 Å². The molecule has 1 aliphatic heterocycles. The van der Waals surface area contributed by atoms with Crippen molar-refractivity contribution in [1.29, 1.82) is 0 Å². The van der Waals surface area contributed by atoms with Crippen LogP contribution in [0.15, 0.2) is 36.5 Å². The van der Waals surface area contributed by atoms with Crippen LogP contribution in [0.3, 0.4) is 0 Å². The maximum Gasteiger partial charge on any atom is 0.330 e. The second kappa shape index (κ2) is 8.86. The van der Waals surface area contributed by atoms with E-state index in [0.29, 0.717) is 17.5 Å². The molecule has 2 unspecified atom stereocenters. The Balaban J connectivity index is 1.59. The molecule has 2 atom stereocenters. The molecule has 0 spiro atoms. The molecule has 1 aromatic heterocycles. The maximum absolute atomic E-state index is 13.5. The summed E-state index contributed by atoms with van der Waals surface area (Å²) in [5.41, 5.74) is 3.33. The van der Waals surface area contributed by atoms with Gasteiger partial charge in [0.25, 0.3) is 5.91 Å². The monoisotopic (exact) mass is 407 g/mol. The summed E-state index contributed by atoms with van der Waals surface area (Å²) in [6, 6.07) is 8.15. The molecule has 0 N–H and O–H groups in total. The Morgan fingerprint density at radius 1 is 1.10 bits per heavy atom. The van der Waals surface area contributed by atoms with Crippen LogP contribution >= 0.6 is 0 Å². The molecule has 1 aliphatic carbocycles. The molecule has 2 heterocycles. The molecular formula is C24H29N3O3. The molecule has 4 rings (SSSR count). The molecule has 2 fully saturated rings. The number of hydrogen-bond donors (Lipinski definition) is 0. The summed E-state index contributed by atoms with van der Waals surface area (Å²) in [4.78, 5) is 27.0. The van der Waals surface area contributed by atoms with E-state index in [1.165, 1.54) is 38.9 Å². The van der Waals surface area contributed by atoms with Crippen molar-refractivity contribution >= 4 is 18.0 Å². The van der Waals surface area contributed by atoms with E-state index in [-0.39, 0.29) is 11.9 Å². The van der Waals surface area contributed by atoms with E-state index >= 15 is 0 Å². The second-order valence-corrected chi connectivity index (χ2v) is 8.26. The predicted octanol–water partition coefficient (Wildman–Crippen LogP) is 4.07. The maximum atomic E-state index is 13.5. The zero-order chi connectivity index (χ0) is 21.1. The normalized spacial score (nSPS) is 21.5. The number of nitrogens with zero attached hydrogens (tertiary/aromatic N) is 3. The zero-order valence-corrected chi connectivity index (χ0v) is 17.7. The summed E-state index contributed by atoms with van der Waals surface area (Å²) in [6.07, 6.45) is 12.0. The van der Waals surface area contributed by atoms with Crippen molar-refractivity contribution in [2.24, 2.45) is 13.0 Å². The van der Waals surface area contributed by atoms with E-state index in [4.69, 9.17) is 0 Å². The van der Waals surface area contributed by atoms with Gasteiger partial charge in [0.05, 0.1) is 24.6 Å². The Hall–Kier alpha value is -2.89. The lowest BCUT2D eigenvalue weighted by Gasteiger charge is -2.44. The second-order valence-electron chi connectivity index (χ2n) is 8.26. The number of piperidine rings is 1. The molecule has 0 radical (unpaired) electrons. The van der Waals surface area contributed by atoms with Crippen molar-refractivity contribution in [3.05, 3.63) is 47.7 Å². The Morgan fingerprint density at radius 3 is 2.60 bits per heavy atom. The largest absolute Gasteiger partial charge is 0.466 e. The van der Waals surface area contributed by atoms with Gasteiger partial charge in [-0.2, -0.15) is 5.10 Å². The highest BCUT2D eigenvalue weighted by atomic mass is 16.5. The van der Waals surface area contributed by atoms with E-state index in [1.807, 2.05) is 31.3 Å². The summed E-state index contributed by atoms with van der Waals surface area (Å²) >= 11 is 0. The number of esters is 1. The van der Waals surface area contributed by atoms with E-state index in [9.17, 15) is 9.59 Å². The summed E-state index contributed by atoms with van der Waals surface area (Å²) in [5.74, 6) is 0.364. The molecule has 158 valence electrons. The molecule has 1 amide bonds. The van der Waals surface area contributed by atoms with E-state index in [0.717, 1.165) is 36.2 Å². The van der Waals surface area contributed by atoms with Gasteiger partial charge in [-0.05, 0) is 43.2 Å². The summed E-state index contributed by atoms with van der Waals surface area (Å²) < 4.78 is 6.40. The Labute approximate surface area is 177 Å². The van der Waals surface area contributed by atoms with Gasteiger partial charge in [-0.25, -0.2) is 4.79 Å². The molecule has 30 heavy (non-hydrogen) atoms. The van der Waals surface area contributed by atoms with Crippen LogP contribution in [0.1, 0.15) is 54.4 Å². The molecule has 6 heteroatoms. The van der Waals surface area contributed by atoms with Gasteiger partial charge < -0.3 is 9.64 Å². The molecule has 2 aliphatic rings. The number of methoxy groups -OCH3 is 1. The highest BCUT2D eigenvalue weighted by molar-refractivity contribution is 6.00. The number of aryl methyl sites for hydroxylation is 1. The van der Waals surface area contributed by atoms with Crippen LogP contribution < -0.4 is 0 Å². The lowest BCUT2D eigenvalue weighted by molar-refractivity contribution is -0.134. The fraction of sp³-hybridized carbons (Fsp3) is 0.458. The summed E-state index contributed by atoms with van der Waals surface area (Å²) in [6.45, 7) is 0.839. The molecule has 1 saturated carbocycles. The third-order valence-electron chi connectivity index (χ3n) is 6.47. The first kappa shape index (κ1) is 20.4. The first-order chi connectivity index (χ1) is 14.6. The summed E-state index contributed by atoms with van der Waals surface area (Å²) in [7, 11) is 3.23. The average molecular weight is 408 g/mol. The van der Waals surface area contributed by atoms with Crippen molar-refractivity contribution in [3.8, 4) is 11.3 Å². The minimum atomic E-state index is -0.388. The third kappa shape index (κ3) is 4.04. The van der Waals surface area contributed by atoms with Gasteiger partial charge in [-0.15, -0.1) is 0 Å². The van der Waals surface area contributed by atoms with Crippen molar-refractivity contribution in [1.82, 2.24) is 14.7 Å². The van der Waals surface area contributed by atoms with E-state index < -0.39 is 0 Å².